The molecule has 0 fully saturated rings. The zero-order valence-electron chi connectivity index (χ0n) is 6.61. The molecule has 1 atom stereocenters. The monoisotopic (exact) mass is 186 g/mol. The SMILES string of the molecule is OCC(Cl)COc1ccccc1. The Labute approximate surface area is 76.7 Å². The van der Waals surface area contributed by atoms with Crippen molar-refractivity contribution in [2.45, 2.75) is 5.38 Å². The summed E-state index contributed by atoms with van der Waals surface area (Å²) in [5.41, 5.74) is 0. The average Bonchev–Trinajstić information content (AvgIpc) is 2.16. The summed E-state index contributed by atoms with van der Waals surface area (Å²) in [5.74, 6) is 0.775. The van der Waals surface area contributed by atoms with Gasteiger partial charge in [0.25, 0.3) is 0 Å². The van der Waals surface area contributed by atoms with Gasteiger partial charge in [-0.05, 0) is 12.1 Å². The summed E-state index contributed by atoms with van der Waals surface area (Å²) in [4.78, 5) is 0. The van der Waals surface area contributed by atoms with Gasteiger partial charge in [-0.3, -0.25) is 0 Å². The van der Waals surface area contributed by atoms with Crippen LogP contribution in [0.5, 0.6) is 5.75 Å². The van der Waals surface area contributed by atoms with Crippen molar-refractivity contribution >= 4 is 11.6 Å². The first-order valence-corrected chi connectivity index (χ1v) is 4.19. The number of aliphatic hydroxyl groups is 1. The lowest BCUT2D eigenvalue weighted by Crippen LogP contribution is -2.15. The predicted molar refractivity (Wildman–Crippen MR) is 48.7 cm³/mol. The fourth-order valence-electron chi connectivity index (χ4n) is 0.756. The van der Waals surface area contributed by atoms with E-state index in [0.717, 1.165) is 5.75 Å². The maximum absolute atomic E-state index is 8.60. The summed E-state index contributed by atoms with van der Waals surface area (Å²) >= 11 is 5.64. The number of ether oxygens (including phenoxy) is 1. The highest BCUT2D eigenvalue weighted by Crippen LogP contribution is 2.09. The van der Waals surface area contributed by atoms with Crippen molar-refractivity contribution in [2.75, 3.05) is 13.2 Å². The fraction of sp³-hybridized carbons (Fsp3) is 0.333. The van der Waals surface area contributed by atoms with Crippen LogP contribution in [0.25, 0.3) is 0 Å². The Morgan fingerprint density at radius 2 is 2.00 bits per heavy atom. The minimum atomic E-state index is -0.329. The van der Waals surface area contributed by atoms with Gasteiger partial charge in [0.1, 0.15) is 12.4 Å². The van der Waals surface area contributed by atoms with Gasteiger partial charge in [0.05, 0.1) is 12.0 Å². The van der Waals surface area contributed by atoms with Crippen LogP contribution in [0, 0.1) is 0 Å². The van der Waals surface area contributed by atoms with E-state index in [9.17, 15) is 0 Å². The molecular formula is C9H11ClO2. The highest BCUT2D eigenvalue weighted by molar-refractivity contribution is 6.20. The molecule has 12 heavy (non-hydrogen) atoms. The lowest BCUT2D eigenvalue weighted by Gasteiger charge is -2.08. The lowest BCUT2D eigenvalue weighted by atomic mass is 10.3. The number of hydrogen-bond donors (Lipinski definition) is 1. The first-order valence-electron chi connectivity index (χ1n) is 3.75. The number of hydrogen-bond acceptors (Lipinski definition) is 2. The van der Waals surface area contributed by atoms with E-state index in [1.54, 1.807) is 0 Å². The molecule has 0 saturated carbocycles. The van der Waals surface area contributed by atoms with Crippen LogP contribution in [0.1, 0.15) is 0 Å². The van der Waals surface area contributed by atoms with Gasteiger partial charge in [0, 0.05) is 0 Å². The second kappa shape index (κ2) is 5.01. The van der Waals surface area contributed by atoms with Crippen LogP contribution in [-0.2, 0) is 0 Å². The van der Waals surface area contributed by atoms with E-state index < -0.39 is 0 Å². The van der Waals surface area contributed by atoms with Crippen LogP contribution >= 0.6 is 11.6 Å². The molecule has 1 aromatic carbocycles. The minimum Gasteiger partial charge on any atom is -0.492 e. The highest BCUT2D eigenvalue weighted by Gasteiger charge is 2.02. The molecule has 0 radical (unpaired) electrons. The van der Waals surface area contributed by atoms with Crippen LogP contribution < -0.4 is 4.74 Å². The molecule has 1 unspecified atom stereocenters. The van der Waals surface area contributed by atoms with Crippen molar-refractivity contribution in [3.05, 3.63) is 30.3 Å². The van der Waals surface area contributed by atoms with Gasteiger partial charge in [0.15, 0.2) is 0 Å². The molecule has 0 amide bonds. The van der Waals surface area contributed by atoms with Crippen molar-refractivity contribution < 1.29 is 9.84 Å². The normalized spacial score (nSPS) is 12.5. The van der Waals surface area contributed by atoms with Crippen molar-refractivity contribution in [2.24, 2.45) is 0 Å². The van der Waals surface area contributed by atoms with E-state index >= 15 is 0 Å². The van der Waals surface area contributed by atoms with Gasteiger partial charge in [-0.15, -0.1) is 11.6 Å². The minimum absolute atomic E-state index is 0.0611. The van der Waals surface area contributed by atoms with Gasteiger partial charge in [0.2, 0.25) is 0 Å². The number of benzene rings is 1. The Kier molecular flexibility index (Phi) is 3.91. The van der Waals surface area contributed by atoms with Crippen LogP contribution in [-0.4, -0.2) is 23.7 Å². The summed E-state index contributed by atoms with van der Waals surface area (Å²) in [6, 6.07) is 9.38. The third kappa shape index (κ3) is 3.11. The molecule has 0 spiro atoms. The maximum Gasteiger partial charge on any atom is 0.119 e. The van der Waals surface area contributed by atoms with E-state index in [1.165, 1.54) is 0 Å². The summed E-state index contributed by atoms with van der Waals surface area (Å²) in [6.07, 6.45) is 0. The number of alkyl halides is 1. The van der Waals surface area contributed by atoms with Crippen molar-refractivity contribution in [1.29, 1.82) is 0 Å². The Morgan fingerprint density at radius 1 is 1.33 bits per heavy atom. The quantitative estimate of drug-likeness (QED) is 0.725. The largest absolute Gasteiger partial charge is 0.492 e. The molecule has 1 N–H and O–H groups in total. The van der Waals surface area contributed by atoms with E-state index in [-0.39, 0.29) is 12.0 Å². The molecule has 66 valence electrons. The molecular weight excluding hydrogens is 176 g/mol. The molecule has 0 aliphatic rings. The van der Waals surface area contributed by atoms with Crippen molar-refractivity contribution in [3.63, 3.8) is 0 Å². The second-order valence-electron chi connectivity index (χ2n) is 2.40. The predicted octanol–water partition coefficient (Wildman–Crippen LogP) is 1.67. The fourth-order valence-corrected chi connectivity index (χ4v) is 0.819. The Balaban J connectivity index is 2.33. The average molecular weight is 187 g/mol. The molecule has 0 heterocycles. The Bertz CT molecular complexity index is 213. The standard InChI is InChI=1S/C9H11ClO2/c10-8(6-11)7-12-9-4-2-1-3-5-9/h1-5,8,11H,6-7H2. The number of aliphatic hydroxyl groups excluding tert-OH is 1. The third-order valence-corrected chi connectivity index (χ3v) is 1.64. The summed E-state index contributed by atoms with van der Waals surface area (Å²) in [7, 11) is 0. The van der Waals surface area contributed by atoms with E-state index in [1.807, 2.05) is 30.3 Å². The lowest BCUT2D eigenvalue weighted by molar-refractivity contribution is 0.238. The Hall–Kier alpha value is -0.730. The molecule has 3 heteroatoms. The van der Waals surface area contributed by atoms with Gasteiger partial charge >= 0.3 is 0 Å². The highest BCUT2D eigenvalue weighted by atomic mass is 35.5. The van der Waals surface area contributed by atoms with Gasteiger partial charge in [-0.1, -0.05) is 18.2 Å². The Morgan fingerprint density at radius 3 is 2.58 bits per heavy atom. The first kappa shape index (κ1) is 9.36. The maximum atomic E-state index is 8.60. The van der Waals surface area contributed by atoms with Gasteiger partial charge in [-0.25, -0.2) is 0 Å². The molecule has 0 aromatic heterocycles. The third-order valence-electron chi connectivity index (χ3n) is 1.37. The smallest absolute Gasteiger partial charge is 0.119 e. The summed E-state index contributed by atoms with van der Waals surface area (Å²) < 4.78 is 5.27. The zero-order chi connectivity index (χ0) is 8.81. The summed E-state index contributed by atoms with van der Waals surface area (Å²) in [5, 5.41) is 8.27. The molecule has 0 aliphatic carbocycles. The number of rotatable bonds is 4. The van der Waals surface area contributed by atoms with Crippen LogP contribution in [0.4, 0.5) is 0 Å². The topological polar surface area (TPSA) is 29.5 Å². The van der Waals surface area contributed by atoms with Crippen LogP contribution in [0.15, 0.2) is 30.3 Å². The molecule has 0 aliphatic heterocycles. The van der Waals surface area contributed by atoms with Crippen LogP contribution in [0.3, 0.4) is 0 Å². The molecule has 0 saturated heterocycles. The number of para-hydroxylation sites is 1. The molecule has 0 bridgehead atoms. The van der Waals surface area contributed by atoms with Crippen molar-refractivity contribution in [1.82, 2.24) is 0 Å². The molecule has 2 nitrogen and oxygen atoms in total. The molecule has 1 rings (SSSR count). The summed E-state index contributed by atoms with van der Waals surface area (Å²) in [6.45, 7) is 0.274. The van der Waals surface area contributed by atoms with E-state index in [2.05, 4.69) is 0 Å². The first-order chi connectivity index (χ1) is 5.83. The van der Waals surface area contributed by atoms with E-state index in [0.29, 0.717) is 6.61 Å². The van der Waals surface area contributed by atoms with Gasteiger partial charge < -0.3 is 9.84 Å². The van der Waals surface area contributed by atoms with Gasteiger partial charge in [-0.2, -0.15) is 0 Å². The molecule has 1 aromatic rings. The second-order valence-corrected chi connectivity index (χ2v) is 3.02. The number of halogens is 1. The van der Waals surface area contributed by atoms with Crippen LogP contribution in [0.2, 0.25) is 0 Å². The van der Waals surface area contributed by atoms with Crippen molar-refractivity contribution in [3.8, 4) is 5.75 Å². The van der Waals surface area contributed by atoms with E-state index in [4.69, 9.17) is 21.4 Å². The zero-order valence-corrected chi connectivity index (χ0v) is 7.37.